The molecule has 0 aliphatic heterocycles. The van der Waals surface area contributed by atoms with Gasteiger partial charge in [0.25, 0.3) is 0 Å². The third kappa shape index (κ3) is 6.58. The van der Waals surface area contributed by atoms with E-state index in [0.29, 0.717) is 17.1 Å². The van der Waals surface area contributed by atoms with Crippen molar-refractivity contribution in [3.8, 4) is 17.2 Å². The van der Waals surface area contributed by atoms with Crippen molar-refractivity contribution in [2.75, 3.05) is 20.8 Å². The van der Waals surface area contributed by atoms with Gasteiger partial charge in [-0.25, -0.2) is 0 Å². The standard InChI is InChI=1S/C21H27O4P.Li.H/c1-5-6-7-13-25-16-11-12-19(15(2)14-16)26-21(22)20-17(23-3)9-8-10-18(20)24-4;;/h8-12,14,26H,5-7,13H2,1-4H3;;. The Kier molecular flexibility index (Phi) is 10.6. The van der Waals surface area contributed by atoms with Crippen LogP contribution in [0.3, 0.4) is 0 Å². The van der Waals surface area contributed by atoms with Gasteiger partial charge in [-0.15, -0.1) is 0 Å². The molecule has 0 aromatic heterocycles. The van der Waals surface area contributed by atoms with Gasteiger partial charge in [0.1, 0.15) is 22.8 Å². The molecule has 0 heterocycles. The first-order chi connectivity index (χ1) is 12.6. The molecule has 0 bridgehead atoms. The van der Waals surface area contributed by atoms with Crippen LogP contribution in [-0.4, -0.2) is 45.2 Å². The summed E-state index contributed by atoms with van der Waals surface area (Å²) in [4.78, 5) is 12.9. The second-order valence-electron chi connectivity index (χ2n) is 6.02. The molecule has 2 aromatic rings. The van der Waals surface area contributed by atoms with Crippen molar-refractivity contribution in [2.24, 2.45) is 0 Å². The third-order valence-electron chi connectivity index (χ3n) is 4.12. The molecular weight excluding hydrogens is 354 g/mol. The number of carbonyl (C=O) groups is 1. The first-order valence-corrected chi connectivity index (χ1v) is 9.86. The predicted molar refractivity (Wildman–Crippen MR) is 115 cm³/mol. The van der Waals surface area contributed by atoms with Crippen molar-refractivity contribution in [3.05, 3.63) is 47.5 Å². The van der Waals surface area contributed by atoms with E-state index in [4.69, 9.17) is 14.2 Å². The molecule has 4 nitrogen and oxygen atoms in total. The SMILES string of the molecule is CCCCCOc1ccc(PC(=O)c2c(OC)cccc2OC)c(C)c1.[LiH]. The molecule has 0 spiro atoms. The van der Waals surface area contributed by atoms with Gasteiger partial charge >= 0.3 is 18.9 Å². The number of carbonyl (C=O) groups excluding carboxylic acids is 1. The van der Waals surface area contributed by atoms with Crippen molar-refractivity contribution in [3.63, 3.8) is 0 Å². The summed E-state index contributed by atoms with van der Waals surface area (Å²) < 4.78 is 16.5. The van der Waals surface area contributed by atoms with E-state index in [0.717, 1.165) is 29.6 Å². The summed E-state index contributed by atoms with van der Waals surface area (Å²) >= 11 is 0. The Hall–Kier alpha value is -1.46. The van der Waals surface area contributed by atoms with Crippen LogP contribution < -0.4 is 19.5 Å². The monoisotopic (exact) mass is 382 g/mol. The molecule has 2 rings (SSSR count). The van der Waals surface area contributed by atoms with Gasteiger partial charge in [0.2, 0.25) is 0 Å². The molecule has 27 heavy (non-hydrogen) atoms. The van der Waals surface area contributed by atoms with Gasteiger partial charge < -0.3 is 14.2 Å². The summed E-state index contributed by atoms with van der Waals surface area (Å²) in [6.07, 6.45) is 3.41. The van der Waals surface area contributed by atoms with E-state index in [1.807, 2.05) is 31.2 Å². The number of rotatable bonds is 10. The van der Waals surface area contributed by atoms with Gasteiger partial charge in [0.15, 0.2) is 5.52 Å². The van der Waals surface area contributed by atoms with E-state index in [9.17, 15) is 4.79 Å². The number of hydrogen-bond acceptors (Lipinski definition) is 4. The number of methoxy groups -OCH3 is 2. The Morgan fingerprint density at radius 2 is 1.70 bits per heavy atom. The Balaban J connectivity index is 0.00000364. The summed E-state index contributed by atoms with van der Waals surface area (Å²) in [5, 5.41) is 1.00. The molecule has 0 amide bonds. The van der Waals surface area contributed by atoms with Gasteiger partial charge in [-0.05, 0) is 57.1 Å². The second kappa shape index (κ2) is 12.1. The van der Waals surface area contributed by atoms with Crippen molar-refractivity contribution in [1.82, 2.24) is 0 Å². The van der Waals surface area contributed by atoms with E-state index < -0.39 is 0 Å². The molecule has 0 saturated carbocycles. The summed E-state index contributed by atoms with van der Waals surface area (Å²) in [7, 11) is 3.12. The quantitative estimate of drug-likeness (QED) is 0.353. The Morgan fingerprint density at radius 1 is 1.04 bits per heavy atom. The van der Waals surface area contributed by atoms with Gasteiger partial charge in [0, 0.05) is 0 Å². The van der Waals surface area contributed by atoms with Crippen LogP contribution in [0.25, 0.3) is 0 Å². The van der Waals surface area contributed by atoms with Crippen molar-refractivity contribution >= 4 is 38.3 Å². The summed E-state index contributed by atoms with van der Waals surface area (Å²) in [5.41, 5.74) is 1.55. The number of aryl methyl sites for hydroxylation is 1. The fourth-order valence-corrected chi connectivity index (χ4v) is 3.72. The van der Waals surface area contributed by atoms with Crippen LogP contribution in [0.15, 0.2) is 36.4 Å². The van der Waals surface area contributed by atoms with Crippen molar-refractivity contribution in [2.45, 2.75) is 33.1 Å². The summed E-state index contributed by atoms with van der Waals surface area (Å²) in [5.74, 6) is 1.93. The van der Waals surface area contributed by atoms with Crippen LogP contribution in [0.1, 0.15) is 42.1 Å². The number of ether oxygens (including phenoxy) is 3. The third-order valence-corrected chi connectivity index (χ3v) is 5.42. The fraction of sp³-hybridized carbons (Fsp3) is 0.381. The van der Waals surface area contributed by atoms with E-state index in [1.54, 1.807) is 26.4 Å². The van der Waals surface area contributed by atoms with Gasteiger partial charge in [-0.1, -0.05) is 31.9 Å². The van der Waals surface area contributed by atoms with Crippen LogP contribution >= 0.6 is 8.58 Å². The topological polar surface area (TPSA) is 44.8 Å². The summed E-state index contributed by atoms with van der Waals surface area (Å²) in [6, 6.07) is 11.3. The predicted octanol–water partition coefficient (Wildman–Crippen LogP) is 4.08. The first kappa shape index (κ1) is 23.6. The van der Waals surface area contributed by atoms with Crippen molar-refractivity contribution < 1.29 is 19.0 Å². The maximum absolute atomic E-state index is 12.9. The molecule has 0 radical (unpaired) electrons. The average Bonchev–Trinajstić information content (AvgIpc) is 2.66. The van der Waals surface area contributed by atoms with E-state index >= 15 is 0 Å². The Bertz CT molecular complexity index is 727. The van der Waals surface area contributed by atoms with Crippen molar-refractivity contribution in [1.29, 1.82) is 0 Å². The van der Waals surface area contributed by atoms with Crippen LogP contribution in [0.4, 0.5) is 0 Å². The molecule has 142 valence electrons. The molecule has 0 aliphatic rings. The van der Waals surface area contributed by atoms with Crippen LogP contribution in [0, 0.1) is 6.92 Å². The van der Waals surface area contributed by atoms with Crippen LogP contribution in [0.2, 0.25) is 0 Å². The molecule has 1 atom stereocenters. The zero-order chi connectivity index (χ0) is 18.9. The van der Waals surface area contributed by atoms with E-state index in [-0.39, 0.29) is 33.0 Å². The number of unbranched alkanes of at least 4 members (excludes halogenated alkanes) is 2. The van der Waals surface area contributed by atoms with Crippen LogP contribution in [0.5, 0.6) is 17.2 Å². The molecule has 0 saturated heterocycles. The minimum atomic E-state index is -0.00239. The van der Waals surface area contributed by atoms with E-state index in [1.165, 1.54) is 12.8 Å². The first-order valence-electron chi connectivity index (χ1n) is 8.86. The summed E-state index contributed by atoms with van der Waals surface area (Å²) in [6.45, 7) is 4.91. The van der Waals surface area contributed by atoms with Gasteiger partial charge in [0.05, 0.1) is 20.8 Å². The molecule has 0 N–H and O–H groups in total. The number of benzene rings is 2. The second-order valence-corrected chi connectivity index (χ2v) is 7.27. The fourth-order valence-electron chi connectivity index (χ4n) is 2.67. The van der Waals surface area contributed by atoms with Crippen LogP contribution in [-0.2, 0) is 0 Å². The maximum atomic E-state index is 12.9. The Labute approximate surface area is 175 Å². The molecule has 6 heteroatoms. The average molecular weight is 382 g/mol. The molecular formula is C21H28LiO4P. The molecule has 1 unspecified atom stereocenters. The molecule has 0 aliphatic carbocycles. The minimum absolute atomic E-state index is 0. The molecule has 0 fully saturated rings. The van der Waals surface area contributed by atoms with Gasteiger partial charge in [-0.3, -0.25) is 4.79 Å². The normalized spacial score (nSPS) is 10.5. The Morgan fingerprint density at radius 3 is 2.26 bits per heavy atom. The molecule has 2 aromatic carbocycles. The zero-order valence-electron chi connectivity index (χ0n) is 15.9. The van der Waals surface area contributed by atoms with Gasteiger partial charge in [-0.2, -0.15) is 0 Å². The van der Waals surface area contributed by atoms with E-state index in [2.05, 4.69) is 6.92 Å². The zero-order valence-corrected chi connectivity index (χ0v) is 16.9. The number of hydrogen-bond donors (Lipinski definition) is 0.